The van der Waals surface area contributed by atoms with Crippen LogP contribution in [-0.4, -0.2) is 23.9 Å². The van der Waals surface area contributed by atoms with Gasteiger partial charge in [-0.2, -0.15) is 0 Å². The van der Waals surface area contributed by atoms with E-state index in [0.29, 0.717) is 11.6 Å². The number of rotatable bonds is 4. The van der Waals surface area contributed by atoms with E-state index in [1.807, 2.05) is 34.5 Å². The summed E-state index contributed by atoms with van der Waals surface area (Å²) in [5.74, 6) is 0.882. The van der Waals surface area contributed by atoms with Gasteiger partial charge in [-0.3, -0.25) is 4.79 Å². The van der Waals surface area contributed by atoms with Crippen LogP contribution in [0.3, 0.4) is 0 Å². The number of likely N-dealkylation sites (tertiary alicyclic amines) is 1. The Morgan fingerprint density at radius 2 is 2.10 bits per heavy atom. The summed E-state index contributed by atoms with van der Waals surface area (Å²) in [5.41, 5.74) is 1.02. The number of hydrogen-bond acceptors (Lipinski definition) is 3. The fourth-order valence-electron chi connectivity index (χ4n) is 2.36. The van der Waals surface area contributed by atoms with Gasteiger partial charge in [-0.15, -0.1) is 11.3 Å². The van der Waals surface area contributed by atoms with Gasteiger partial charge in [0.05, 0.1) is 4.88 Å². The average Bonchev–Trinajstić information content (AvgIpc) is 3.16. The highest BCUT2D eigenvalue weighted by Crippen LogP contribution is 2.22. The maximum Gasteiger partial charge on any atom is 0.263 e. The van der Waals surface area contributed by atoms with Crippen LogP contribution in [0.15, 0.2) is 35.7 Å². The molecule has 0 unspecified atom stereocenters. The molecule has 0 atom stereocenters. The summed E-state index contributed by atoms with van der Waals surface area (Å²) in [6.07, 6.45) is 2.23. The molecule has 1 saturated heterocycles. The fraction of sp³-hybridized carbons (Fsp3) is 0.312. The van der Waals surface area contributed by atoms with Crippen molar-refractivity contribution < 1.29 is 9.53 Å². The van der Waals surface area contributed by atoms with Crippen LogP contribution in [0.25, 0.3) is 0 Å². The Morgan fingerprint density at radius 3 is 2.86 bits per heavy atom. The Bertz CT molecular complexity index is 635. The minimum Gasteiger partial charge on any atom is -0.489 e. The lowest BCUT2D eigenvalue weighted by atomic mass is 10.3. The van der Waals surface area contributed by atoms with Crippen molar-refractivity contribution in [3.63, 3.8) is 0 Å². The summed E-state index contributed by atoms with van der Waals surface area (Å²) in [7, 11) is 0. The Labute approximate surface area is 133 Å². The molecule has 3 nitrogen and oxygen atoms in total. The van der Waals surface area contributed by atoms with E-state index in [1.165, 1.54) is 11.3 Å². The first-order chi connectivity index (χ1) is 10.2. The van der Waals surface area contributed by atoms with Crippen molar-refractivity contribution in [3.05, 3.63) is 51.2 Å². The van der Waals surface area contributed by atoms with E-state index in [2.05, 4.69) is 0 Å². The molecule has 3 rings (SSSR count). The van der Waals surface area contributed by atoms with Gasteiger partial charge in [0.2, 0.25) is 0 Å². The molecule has 5 heteroatoms. The first kappa shape index (κ1) is 14.4. The van der Waals surface area contributed by atoms with Gasteiger partial charge >= 0.3 is 0 Å². The highest BCUT2D eigenvalue weighted by molar-refractivity contribution is 7.12. The summed E-state index contributed by atoms with van der Waals surface area (Å²) < 4.78 is 5.69. The number of hydrogen-bond donors (Lipinski definition) is 0. The van der Waals surface area contributed by atoms with Gasteiger partial charge in [-0.05, 0) is 42.5 Å². The van der Waals surface area contributed by atoms with Crippen molar-refractivity contribution in [3.8, 4) is 5.75 Å². The number of thiophene rings is 1. The molecular weight excluding hydrogens is 306 g/mol. The van der Waals surface area contributed by atoms with E-state index in [-0.39, 0.29) is 5.91 Å². The predicted molar refractivity (Wildman–Crippen MR) is 85.2 cm³/mol. The zero-order valence-corrected chi connectivity index (χ0v) is 13.1. The lowest BCUT2D eigenvalue weighted by molar-refractivity contribution is 0.0797. The normalized spacial score (nSPS) is 14.4. The summed E-state index contributed by atoms with van der Waals surface area (Å²) in [5, 5.41) is 2.64. The van der Waals surface area contributed by atoms with Gasteiger partial charge in [-0.25, -0.2) is 0 Å². The molecule has 110 valence electrons. The lowest BCUT2D eigenvalue weighted by Crippen LogP contribution is -2.26. The van der Waals surface area contributed by atoms with Gasteiger partial charge in [0, 0.05) is 23.7 Å². The van der Waals surface area contributed by atoms with E-state index in [9.17, 15) is 4.79 Å². The average molecular weight is 322 g/mol. The summed E-state index contributed by atoms with van der Waals surface area (Å²) >= 11 is 7.40. The quantitative estimate of drug-likeness (QED) is 0.844. The van der Waals surface area contributed by atoms with E-state index in [1.54, 1.807) is 6.07 Å². The first-order valence-corrected chi connectivity index (χ1v) is 8.23. The van der Waals surface area contributed by atoms with E-state index >= 15 is 0 Å². The Hall–Kier alpha value is -1.52. The van der Waals surface area contributed by atoms with Crippen LogP contribution >= 0.6 is 22.9 Å². The Kier molecular flexibility index (Phi) is 4.46. The van der Waals surface area contributed by atoms with Crippen LogP contribution in [0, 0.1) is 0 Å². The molecule has 1 aliphatic heterocycles. The van der Waals surface area contributed by atoms with Crippen molar-refractivity contribution in [2.24, 2.45) is 0 Å². The highest BCUT2D eigenvalue weighted by Gasteiger charge is 2.20. The van der Waals surface area contributed by atoms with Crippen molar-refractivity contribution in [1.82, 2.24) is 4.90 Å². The Morgan fingerprint density at radius 1 is 1.29 bits per heavy atom. The maximum absolute atomic E-state index is 12.3. The third-order valence-electron chi connectivity index (χ3n) is 3.46. The van der Waals surface area contributed by atoms with Crippen LogP contribution in [0.2, 0.25) is 5.02 Å². The molecule has 0 spiro atoms. The third-order valence-corrected chi connectivity index (χ3v) is 4.66. The second kappa shape index (κ2) is 6.50. The summed E-state index contributed by atoms with van der Waals surface area (Å²) in [6.45, 7) is 2.21. The van der Waals surface area contributed by atoms with E-state index < -0.39 is 0 Å². The van der Waals surface area contributed by atoms with Crippen LogP contribution < -0.4 is 4.74 Å². The molecular formula is C16H16ClNO2S. The fourth-order valence-corrected chi connectivity index (χ4v) is 3.41. The van der Waals surface area contributed by atoms with Crippen molar-refractivity contribution in [2.45, 2.75) is 19.4 Å². The molecule has 1 aromatic carbocycles. The molecule has 0 aliphatic carbocycles. The molecule has 0 radical (unpaired) electrons. The number of benzene rings is 1. The van der Waals surface area contributed by atoms with E-state index in [4.69, 9.17) is 16.3 Å². The number of ether oxygens (including phenoxy) is 1. The SMILES string of the molecule is O=C(c1cc(COc2cccc(Cl)c2)cs1)N1CCCC1. The van der Waals surface area contributed by atoms with Gasteiger partial charge in [0.15, 0.2) is 0 Å². The van der Waals surface area contributed by atoms with Crippen LogP contribution in [0.1, 0.15) is 28.1 Å². The molecule has 2 heterocycles. The number of carbonyl (C=O) groups excluding carboxylic acids is 1. The second-order valence-corrected chi connectivity index (χ2v) is 6.41. The largest absolute Gasteiger partial charge is 0.489 e. The van der Waals surface area contributed by atoms with Crippen LogP contribution in [-0.2, 0) is 6.61 Å². The third kappa shape index (κ3) is 3.57. The zero-order chi connectivity index (χ0) is 14.7. The minimum absolute atomic E-state index is 0.145. The molecule has 0 bridgehead atoms. The van der Waals surface area contributed by atoms with E-state index in [0.717, 1.165) is 42.1 Å². The number of halogens is 1. The molecule has 2 aromatic rings. The number of amides is 1. The zero-order valence-electron chi connectivity index (χ0n) is 11.5. The van der Waals surface area contributed by atoms with Crippen LogP contribution in [0.4, 0.5) is 0 Å². The van der Waals surface area contributed by atoms with Gasteiger partial charge in [-0.1, -0.05) is 17.7 Å². The monoisotopic (exact) mass is 321 g/mol. The Balaban J connectivity index is 1.61. The molecule has 1 fully saturated rings. The number of carbonyl (C=O) groups is 1. The summed E-state index contributed by atoms with van der Waals surface area (Å²) in [4.78, 5) is 15.0. The minimum atomic E-state index is 0.145. The van der Waals surface area contributed by atoms with Crippen molar-refractivity contribution in [1.29, 1.82) is 0 Å². The van der Waals surface area contributed by atoms with Gasteiger partial charge in [0.1, 0.15) is 12.4 Å². The number of nitrogens with zero attached hydrogens (tertiary/aromatic N) is 1. The van der Waals surface area contributed by atoms with Crippen molar-refractivity contribution in [2.75, 3.05) is 13.1 Å². The predicted octanol–water partition coefficient (Wildman–Crippen LogP) is 4.22. The maximum atomic E-state index is 12.3. The second-order valence-electron chi connectivity index (χ2n) is 5.06. The van der Waals surface area contributed by atoms with Gasteiger partial charge < -0.3 is 9.64 Å². The van der Waals surface area contributed by atoms with Crippen molar-refractivity contribution >= 4 is 28.8 Å². The molecule has 1 amide bonds. The molecule has 1 aliphatic rings. The summed E-state index contributed by atoms with van der Waals surface area (Å²) in [6, 6.07) is 9.24. The standard InChI is InChI=1S/C16H16ClNO2S/c17-13-4-3-5-14(9-13)20-10-12-8-15(21-11-12)16(19)18-6-1-2-7-18/h3-5,8-9,11H,1-2,6-7,10H2. The topological polar surface area (TPSA) is 29.5 Å². The first-order valence-electron chi connectivity index (χ1n) is 6.97. The molecule has 0 saturated carbocycles. The highest BCUT2D eigenvalue weighted by atomic mass is 35.5. The lowest BCUT2D eigenvalue weighted by Gasteiger charge is -2.13. The smallest absolute Gasteiger partial charge is 0.263 e. The van der Waals surface area contributed by atoms with Gasteiger partial charge in [0.25, 0.3) is 5.91 Å². The van der Waals surface area contributed by atoms with Crippen LogP contribution in [0.5, 0.6) is 5.75 Å². The molecule has 1 aromatic heterocycles. The molecule has 21 heavy (non-hydrogen) atoms. The molecule has 0 N–H and O–H groups in total.